The van der Waals surface area contributed by atoms with Gasteiger partial charge < -0.3 is 33.8 Å². The molecule has 0 radical (unpaired) electrons. The van der Waals surface area contributed by atoms with E-state index >= 15 is 0 Å². The summed E-state index contributed by atoms with van der Waals surface area (Å²) in [6.45, 7) is 14.2. The van der Waals surface area contributed by atoms with Gasteiger partial charge in [-0.05, 0) is 49.4 Å². The minimum atomic E-state index is -4.96. The number of phosphoric ester groups is 2. The van der Waals surface area contributed by atoms with Gasteiger partial charge in [0.05, 0.1) is 26.4 Å². The van der Waals surface area contributed by atoms with Crippen molar-refractivity contribution in [1.29, 1.82) is 0 Å². The molecule has 0 aromatic heterocycles. The number of aliphatic hydroxyl groups excluding tert-OH is 1. The average Bonchev–Trinajstić information content (AvgIpc) is 1.01. The Morgan fingerprint density at radius 1 is 0.286 bits per heavy atom. The number of rotatable bonds is 76. The summed E-state index contributed by atoms with van der Waals surface area (Å²) < 4.78 is 68.5. The van der Waals surface area contributed by atoms with E-state index in [4.69, 9.17) is 37.0 Å². The van der Waals surface area contributed by atoms with E-state index in [1.165, 1.54) is 199 Å². The molecule has 0 saturated carbocycles. The Hall–Kier alpha value is -1.94. The van der Waals surface area contributed by atoms with Gasteiger partial charge >= 0.3 is 39.5 Å². The monoisotopic (exact) mass is 1440 g/mol. The Morgan fingerprint density at radius 3 is 0.724 bits per heavy atom. The molecular formula is C79H154O17P2. The van der Waals surface area contributed by atoms with E-state index in [-0.39, 0.29) is 25.7 Å². The highest BCUT2D eigenvalue weighted by molar-refractivity contribution is 7.47. The molecule has 3 N–H and O–H groups in total. The number of esters is 4. The first-order valence-electron chi connectivity index (χ1n) is 40.8. The van der Waals surface area contributed by atoms with Crippen LogP contribution in [-0.4, -0.2) is 96.7 Å². The van der Waals surface area contributed by atoms with Crippen LogP contribution in [0, 0.1) is 23.7 Å². The summed E-state index contributed by atoms with van der Waals surface area (Å²) in [6.07, 6.45) is 54.4. The number of carbonyl (C=O) groups excluding carboxylic acids is 4. The molecule has 0 rings (SSSR count). The van der Waals surface area contributed by atoms with Crippen LogP contribution in [0.4, 0.5) is 0 Å². The van der Waals surface area contributed by atoms with Gasteiger partial charge in [-0.3, -0.25) is 37.3 Å². The maximum atomic E-state index is 13.1. The fraction of sp³-hybridized carbons (Fsp3) is 0.949. The van der Waals surface area contributed by atoms with Crippen molar-refractivity contribution in [2.75, 3.05) is 39.6 Å². The first-order valence-corrected chi connectivity index (χ1v) is 43.8. The molecule has 0 spiro atoms. The number of hydrogen-bond donors (Lipinski definition) is 3. The molecule has 98 heavy (non-hydrogen) atoms. The van der Waals surface area contributed by atoms with Gasteiger partial charge in [0.15, 0.2) is 12.2 Å². The minimum Gasteiger partial charge on any atom is -0.462 e. The van der Waals surface area contributed by atoms with Crippen LogP contribution in [0.2, 0.25) is 0 Å². The molecule has 4 unspecified atom stereocenters. The first kappa shape index (κ1) is 96.1. The molecule has 0 aliphatic carbocycles. The van der Waals surface area contributed by atoms with Crippen LogP contribution in [-0.2, 0) is 65.4 Å². The Morgan fingerprint density at radius 2 is 0.490 bits per heavy atom. The molecule has 7 atom stereocenters. The molecular weight excluding hydrogens is 1280 g/mol. The van der Waals surface area contributed by atoms with E-state index in [1.807, 2.05) is 0 Å². The third-order valence-corrected chi connectivity index (χ3v) is 20.9. The zero-order valence-electron chi connectivity index (χ0n) is 64.4. The largest absolute Gasteiger partial charge is 0.472 e. The van der Waals surface area contributed by atoms with E-state index in [2.05, 4.69) is 55.4 Å². The Labute approximate surface area is 600 Å². The third-order valence-electron chi connectivity index (χ3n) is 19.0. The standard InChI is InChI=1S/C79H154O17P2/c1-9-71(7)57-49-41-32-28-24-20-17-18-21-25-29-33-43-51-59-76(81)89-65-75(96-79(84)62-54-46-37-35-40-48-56-70(5)6)68-94-98(87,88)92-64-73(80)63-91-97(85,86)93-67-74(66-90-77(82)60-52-44-38-36-42-50-58-72(8)10-2)95-78(83)61-53-45-34-30-26-22-16-14-12-11-13-15-19-23-27-31-39-47-55-69(3)4/h69-75,80H,9-68H2,1-8H3,(H,85,86)(H,87,88)/t71?,72?,73-,74+,75+/m0/s1. The zero-order chi connectivity index (χ0) is 72.4. The summed E-state index contributed by atoms with van der Waals surface area (Å²) in [6, 6.07) is 0. The third kappa shape index (κ3) is 69.8. The van der Waals surface area contributed by atoms with E-state index in [9.17, 15) is 43.2 Å². The van der Waals surface area contributed by atoms with Gasteiger partial charge in [-0.25, -0.2) is 9.13 Å². The Kier molecular flexibility index (Phi) is 66.8. The van der Waals surface area contributed by atoms with Gasteiger partial charge in [0.25, 0.3) is 0 Å². The van der Waals surface area contributed by atoms with E-state index < -0.39 is 97.5 Å². The number of phosphoric acid groups is 2. The van der Waals surface area contributed by atoms with Crippen LogP contribution >= 0.6 is 15.6 Å². The van der Waals surface area contributed by atoms with Crippen molar-refractivity contribution < 1.29 is 80.2 Å². The topological polar surface area (TPSA) is 237 Å². The fourth-order valence-corrected chi connectivity index (χ4v) is 13.6. The van der Waals surface area contributed by atoms with Gasteiger partial charge in [-0.1, -0.05) is 351 Å². The quantitative estimate of drug-likeness (QED) is 0.0222. The molecule has 0 aromatic carbocycles. The van der Waals surface area contributed by atoms with E-state index in [1.54, 1.807) is 0 Å². The molecule has 0 fully saturated rings. The van der Waals surface area contributed by atoms with Crippen LogP contribution in [0.15, 0.2) is 0 Å². The summed E-state index contributed by atoms with van der Waals surface area (Å²) >= 11 is 0. The van der Waals surface area contributed by atoms with Crippen LogP contribution in [0.5, 0.6) is 0 Å². The van der Waals surface area contributed by atoms with Crippen LogP contribution in [0.25, 0.3) is 0 Å². The second-order valence-corrected chi connectivity index (χ2v) is 32.8. The predicted octanol–water partition coefficient (Wildman–Crippen LogP) is 23.2. The fourth-order valence-electron chi connectivity index (χ4n) is 12.0. The van der Waals surface area contributed by atoms with Gasteiger partial charge in [-0.15, -0.1) is 0 Å². The summed E-state index contributed by atoms with van der Waals surface area (Å²) in [4.78, 5) is 72.8. The number of ether oxygens (including phenoxy) is 4. The highest BCUT2D eigenvalue weighted by Gasteiger charge is 2.30. The maximum Gasteiger partial charge on any atom is 0.472 e. The molecule has 0 aliphatic heterocycles. The lowest BCUT2D eigenvalue weighted by Gasteiger charge is -2.21. The van der Waals surface area contributed by atoms with Crippen molar-refractivity contribution in [3.8, 4) is 0 Å². The highest BCUT2D eigenvalue weighted by Crippen LogP contribution is 2.45. The summed E-state index contributed by atoms with van der Waals surface area (Å²) in [7, 11) is -9.91. The summed E-state index contributed by atoms with van der Waals surface area (Å²) in [5.41, 5.74) is 0. The molecule has 0 saturated heterocycles. The second-order valence-electron chi connectivity index (χ2n) is 29.9. The predicted molar refractivity (Wildman–Crippen MR) is 400 cm³/mol. The number of aliphatic hydroxyl groups is 1. The number of unbranched alkanes of at least 4 members (excludes halogenated alkanes) is 40. The summed E-state index contributed by atoms with van der Waals surface area (Å²) in [5, 5.41) is 10.6. The van der Waals surface area contributed by atoms with Crippen molar-refractivity contribution >= 4 is 39.5 Å². The lowest BCUT2D eigenvalue weighted by Crippen LogP contribution is -2.30. The zero-order valence-corrected chi connectivity index (χ0v) is 66.2. The van der Waals surface area contributed by atoms with Crippen molar-refractivity contribution in [3.05, 3.63) is 0 Å². The van der Waals surface area contributed by atoms with E-state index in [0.717, 1.165) is 114 Å². The maximum absolute atomic E-state index is 13.1. The Balaban J connectivity index is 5.13. The SMILES string of the molecule is CCC(C)CCCCCCCCCCCCCCCCC(=O)OC[C@H](COP(=O)(O)OC[C@@H](O)COP(=O)(O)OC[C@@H](COC(=O)CCCCCCCCC(C)CC)OC(=O)CCCCCCCCCCCCCCCCCCCCC(C)C)OC(=O)CCCCCCCCC(C)C. The normalized spacial score (nSPS) is 14.6. The lowest BCUT2D eigenvalue weighted by molar-refractivity contribution is -0.161. The van der Waals surface area contributed by atoms with Gasteiger partial charge in [0, 0.05) is 25.7 Å². The second kappa shape index (κ2) is 68.2. The molecule has 19 heteroatoms. The molecule has 0 aliphatic rings. The summed E-state index contributed by atoms with van der Waals surface area (Å²) in [5.74, 6) is 0.947. The van der Waals surface area contributed by atoms with Gasteiger partial charge in [0.1, 0.15) is 19.3 Å². The lowest BCUT2D eigenvalue weighted by atomic mass is 9.99. The molecule has 17 nitrogen and oxygen atoms in total. The molecule has 0 heterocycles. The molecule has 0 amide bonds. The molecule has 582 valence electrons. The smallest absolute Gasteiger partial charge is 0.462 e. The van der Waals surface area contributed by atoms with Crippen molar-refractivity contribution in [3.63, 3.8) is 0 Å². The van der Waals surface area contributed by atoms with Gasteiger partial charge in [-0.2, -0.15) is 0 Å². The van der Waals surface area contributed by atoms with Crippen molar-refractivity contribution in [2.24, 2.45) is 23.7 Å². The van der Waals surface area contributed by atoms with Crippen LogP contribution in [0.1, 0.15) is 402 Å². The average molecular weight is 1440 g/mol. The number of carbonyl (C=O) groups is 4. The van der Waals surface area contributed by atoms with Crippen LogP contribution in [0.3, 0.4) is 0 Å². The highest BCUT2D eigenvalue weighted by atomic mass is 31.2. The number of hydrogen-bond acceptors (Lipinski definition) is 15. The van der Waals surface area contributed by atoms with E-state index in [0.29, 0.717) is 31.6 Å². The molecule has 0 bridgehead atoms. The van der Waals surface area contributed by atoms with Crippen molar-refractivity contribution in [1.82, 2.24) is 0 Å². The molecule has 0 aromatic rings. The van der Waals surface area contributed by atoms with Crippen molar-refractivity contribution in [2.45, 2.75) is 420 Å². The van der Waals surface area contributed by atoms with Crippen LogP contribution < -0.4 is 0 Å². The first-order chi connectivity index (χ1) is 47.2. The van der Waals surface area contributed by atoms with Gasteiger partial charge in [0.2, 0.25) is 0 Å². The Bertz CT molecular complexity index is 1920. The minimum absolute atomic E-state index is 0.102.